The summed E-state index contributed by atoms with van der Waals surface area (Å²) in [7, 11) is 0. The molecule has 0 aliphatic rings. The van der Waals surface area contributed by atoms with E-state index in [4.69, 9.17) is 14.2 Å². The topological polar surface area (TPSA) is 87.9 Å². The van der Waals surface area contributed by atoms with Crippen molar-refractivity contribution in [3.63, 3.8) is 0 Å². The second-order valence-corrected chi connectivity index (χ2v) is 8.56. The average Bonchev–Trinajstić information content (AvgIpc) is 2.51. The number of carbonyl (C=O) groups is 1. The molecule has 26 heavy (non-hydrogen) atoms. The second-order valence-electron chi connectivity index (χ2n) is 8.56. The molecule has 0 spiro atoms. The zero-order valence-electron chi connectivity index (χ0n) is 16.4. The first-order valence-electron chi connectivity index (χ1n) is 8.52. The summed E-state index contributed by atoms with van der Waals surface area (Å²) in [4.78, 5) is 23.1. The molecule has 146 valence electrons. The van der Waals surface area contributed by atoms with Gasteiger partial charge in [-0.1, -0.05) is 59.7 Å². The van der Waals surface area contributed by atoms with Gasteiger partial charge in [0.2, 0.25) is 0 Å². The van der Waals surface area contributed by atoms with Crippen LogP contribution in [0.4, 0.5) is 0 Å². The van der Waals surface area contributed by atoms with E-state index >= 15 is 0 Å². The number of hydrogen-bond acceptors (Lipinski definition) is 6. The number of nitrogens with zero attached hydrogens (tertiary/aromatic N) is 1. The third kappa shape index (κ3) is 8.40. The maximum absolute atomic E-state index is 12.2. The summed E-state index contributed by atoms with van der Waals surface area (Å²) >= 11 is 0. The highest BCUT2D eigenvalue weighted by atomic mass is 16.7. The quantitative estimate of drug-likeness (QED) is 0.300. The molecule has 0 fully saturated rings. The number of rotatable bonds is 8. The van der Waals surface area contributed by atoms with Gasteiger partial charge in [-0.05, 0) is 23.0 Å². The molecule has 1 atom stereocenters. The lowest BCUT2D eigenvalue weighted by atomic mass is 9.98. The van der Waals surface area contributed by atoms with Gasteiger partial charge in [-0.2, -0.15) is 0 Å². The molecule has 1 aromatic carbocycles. The maximum Gasteiger partial charge on any atom is 0.407 e. The van der Waals surface area contributed by atoms with E-state index in [2.05, 4.69) is 0 Å². The SMILES string of the molecule is CC(C)(C)COC(OCC(C)(C)C)C(OC(=O)c1ccccc1)[N+](=O)[O-]. The normalized spacial score (nSPS) is 13.5. The third-order valence-electron chi connectivity index (χ3n) is 3.04. The van der Waals surface area contributed by atoms with Crippen molar-refractivity contribution < 1.29 is 23.9 Å². The minimum absolute atomic E-state index is 0.217. The number of carbonyl (C=O) groups excluding carboxylic acids is 1. The number of ether oxygens (including phenoxy) is 3. The first-order valence-corrected chi connectivity index (χ1v) is 8.52. The Morgan fingerprint density at radius 2 is 1.46 bits per heavy atom. The molecule has 1 rings (SSSR count). The van der Waals surface area contributed by atoms with Gasteiger partial charge in [-0.3, -0.25) is 10.1 Å². The fraction of sp³-hybridized carbons (Fsp3) is 0.632. The largest absolute Gasteiger partial charge is 0.407 e. The van der Waals surface area contributed by atoms with E-state index in [0.717, 1.165) is 0 Å². The predicted octanol–water partition coefficient (Wildman–Crippen LogP) is 3.90. The molecule has 0 aliphatic heterocycles. The highest BCUT2D eigenvalue weighted by Gasteiger charge is 2.39. The molecule has 0 saturated carbocycles. The average molecular weight is 367 g/mol. The molecule has 0 bridgehead atoms. The highest BCUT2D eigenvalue weighted by molar-refractivity contribution is 5.89. The van der Waals surface area contributed by atoms with E-state index in [9.17, 15) is 14.9 Å². The Balaban J connectivity index is 2.94. The molecule has 1 unspecified atom stereocenters. The van der Waals surface area contributed by atoms with Gasteiger partial charge >= 0.3 is 12.2 Å². The lowest BCUT2D eigenvalue weighted by Gasteiger charge is -2.28. The summed E-state index contributed by atoms with van der Waals surface area (Å²) in [5.74, 6) is -0.795. The maximum atomic E-state index is 12.2. The molecular weight excluding hydrogens is 338 g/mol. The Bertz CT molecular complexity index is 570. The molecule has 7 heteroatoms. The van der Waals surface area contributed by atoms with Crippen molar-refractivity contribution in [2.75, 3.05) is 13.2 Å². The number of hydrogen-bond donors (Lipinski definition) is 0. The van der Waals surface area contributed by atoms with E-state index < -0.39 is 23.4 Å². The zero-order valence-corrected chi connectivity index (χ0v) is 16.4. The molecule has 0 saturated heterocycles. The van der Waals surface area contributed by atoms with Crippen LogP contribution in [0.25, 0.3) is 0 Å². The Labute approximate surface area is 154 Å². The van der Waals surface area contributed by atoms with E-state index in [-0.39, 0.29) is 29.6 Å². The van der Waals surface area contributed by atoms with Gasteiger partial charge in [0.05, 0.1) is 23.7 Å². The van der Waals surface area contributed by atoms with Crippen molar-refractivity contribution in [3.05, 3.63) is 46.0 Å². The minimum Gasteiger partial charge on any atom is -0.390 e. The van der Waals surface area contributed by atoms with Gasteiger partial charge in [-0.25, -0.2) is 4.79 Å². The lowest BCUT2D eigenvalue weighted by molar-refractivity contribution is -0.594. The summed E-state index contributed by atoms with van der Waals surface area (Å²) in [6.45, 7) is 12.0. The number of esters is 1. The molecule has 7 nitrogen and oxygen atoms in total. The van der Waals surface area contributed by atoms with Gasteiger partial charge in [0.25, 0.3) is 6.29 Å². The summed E-state index contributed by atoms with van der Waals surface area (Å²) in [6.07, 6.45) is -3.05. The standard InChI is InChI=1S/C19H29NO6/c1-18(2,3)12-24-17(25-13-19(4,5)6)15(20(22)23)26-16(21)14-10-8-7-9-11-14/h7-11,15,17H,12-13H2,1-6H3. The van der Waals surface area contributed by atoms with Crippen molar-refractivity contribution in [1.82, 2.24) is 0 Å². The van der Waals surface area contributed by atoms with Gasteiger partial charge in [0.1, 0.15) is 0 Å². The summed E-state index contributed by atoms with van der Waals surface area (Å²) in [6, 6.07) is 8.10. The van der Waals surface area contributed by atoms with Gasteiger partial charge in [0, 0.05) is 0 Å². The van der Waals surface area contributed by atoms with Crippen molar-refractivity contribution in [2.45, 2.75) is 54.1 Å². The minimum atomic E-state index is -1.76. The first kappa shape index (κ1) is 22.1. The Kier molecular flexibility index (Phi) is 7.71. The molecule has 0 N–H and O–H groups in total. The van der Waals surface area contributed by atoms with Crippen molar-refractivity contribution in [3.8, 4) is 0 Å². The first-order chi connectivity index (χ1) is 11.9. The van der Waals surface area contributed by atoms with Gasteiger partial charge < -0.3 is 14.2 Å². The van der Waals surface area contributed by atoms with E-state index in [0.29, 0.717) is 0 Å². The van der Waals surface area contributed by atoms with Crippen LogP contribution in [0, 0.1) is 20.9 Å². The van der Waals surface area contributed by atoms with Crippen molar-refractivity contribution >= 4 is 5.97 Å². The molecule has 0 amide bonds. The fourth-order valence-electron chi connectivity index (χ4n) is 1.83. The monoisotopic (exact) mass is 367 g/mol. The van der Waals surface area contributed by atoms with Crippen LogP contribution in [-0.2, 0) is 14.2 Å². The highest BCUT2D eigenvalue weighted by Crippen LogP contribution is 2.21. The molecule has 0 radical (unpaired) electrons. The van der Waals surface area contributed by atoms with Crippen LogP contribution in [0.1, 0.15) is 51.9 Å². The number of benzene rings is 1. The molecule has 0 aromatic heterocycles. The fourth-order valence-corrected chi connectivity index (χ4v) is 1.83. The summed E-state index contributed by atoms with van der Waals surface area (Å²) < 4.78 is 16.3. The van der Waals surface area contributed by atoms with Gasteiger partial charge in [0.15, 0.2) is 0 Å². The smallest absolute Gasteiger partial charge is 0.390 e. The molecular formula is C19H29NO6. The van der Waals surface area contributed by atoms with Crippen LogP contribution in [-0.4, -0.2) is 36.6 Å². The van der Waals surface area contributed by atoms with E-state index in [1.807, 2.05) is 41.5 Å². The van der Waals surface area contributed by atoms with Crippen LogP contribution in [0.5, 0.6) is 0 Å². The predicted molar refractivity (Wildman–Crippen MR) is 97.2 cm³/mol. The molecule has 0 aliphatic carbocycles. The van der Waals surface area contributed by atoms with Gasteiger partial charge in [-0.15, -0.1) is 0 Å². The molecule has 1 aromatic rings. The van der Waals surface area contributed by atoms with E-state index in [1.54, 1.807) is 18.2 Å². The van der Waals surface area contributed by atoms with Crippen LogP contribution in [0.3, 0.4) is 0 Å². The van der Waals surface area contributed by atoms with E-state index in [1.165, 1.54) is 12.1 Å². The zero-order chi connectivity index (χ0) is 20.0. The van der Waals surface area contributed by atoms with Crippen LogP contribution in [0.15, 0.2) is 30.3 Å². The Morgan fingerprint density at radius 3 is 1.85 bits per heavy atom. The third-order valence-corrected chi connectivity index (χ3v) is 3.04. The summed E-state index contributed by atoms with van der Waals surface area (Å²) in [5, 5.41) is 11.5. The second kappa shape index (κ2) is 9.09. The van der Waals surface area contributed by atoms with Crippen LogP contribution >= 0.6 is 0 Å². The Hall–Kier alpha value is -1.99. The molecule has 0 heterocycles. The number of nitro groups is 1. The lowest BCUT2D eigenvalue weighted by Crippen LogP contribution is -2.43. The van der Waals surface area contributed by atoms with Crippen LogP contribution < -0.4 is 0 Å². The van der Waals surface area contributed by atoms with Crippen molar-refractivity contribution in [1.29, 1.82) is 0 Å². The van der Waals surface area contributed by atoms with Crippen LogP contribution in [0.2, 0.25) is 0 Å². The van der Waals surface area contributed by atoms with Crippen molar-refractivity contribution in [2.24, 2.45) is 10.8 Å². The Morgan fingerprint density at radius 1 is 1.00 bits per heavy atom. The summed E-state index contributed by atoms with van der Waals surface area (Å²) in [5.41, 5.74) is -0.230.